The molecule has 0 bridgehead atoms. The van der Waals surface area contributed by atoms with Crippen LogP contribution in [-0.2, 0) is 9.59 Å². The van der Waals surface area contributed by atoms with E-state index < -0.39 is 6.04 Å². The highest BCUT2D eigenvalue weighted by atomic mass is 16.3. The standard InChI is InChI=1S/C12H15N3O3/c16-9-3-1-8(2-4-9)15-11(17)7-10-12(18)14-6-5-13-10/h1-4,10,13,16H,5-7H2,(H,14,18)(H,15,17). The first-order valence-corrected chi connectivity index (χ1v) is 5.75. The Morgan fingerprint density at radius 1 is 1.33 bits per heavy atom. The molecule has 2 amide bonds. The Bertz CT molecular complexity index is 444. The summed E-state index contributed by atoms with van der Waals surface area (Å²) in [5.74, 6) is -0.251. The molecule has 4 N–H and O–H groups in total. The zero-order chi connectivity index (χ0) is 13.0. The lowest BCUT2D eigenvalue weighted by atomic mass is 10.1. The number of nitrogens with one attached hydrogen (secondary N) is 3. The van der Waals surface area contributed by atoms with Gasteiger partial charge < -0.3 is 21.1 Å². The molecule has 1 aromatic rings. The summed E-state index contributed by atoms with van der Waals surface area (Å²) in [5.41, 5.74) is 0.592. The summed E-state index contributed by atoms with van der Waals surface area (Å²) >= 11 is 0. The van der Waals surface area contributed by atoms with E-state index in [2.05, 4.69) is 16.0 Å². The molecule has 1 aliphatic heterocycles. The fourth-order valence-electron chi connectivity index (χ4n) is 1.76. The molecule has 1 aromatic carbocycles. The maximum absolute atomic E-state index is 11.7. The number of phenols is 1. The van der Waals surface area contributed by atoms with E-state index in [1.807, 2.05) is 0 Å². The van der Waals surface area contributed by atoms with Crippen molar-refractivity contribution in [3.05, 3.63) is 24.3 Å². The number of benzene rings is 1. The highest BCUT2D eigenvalue weighted by molar-refractivity contribution is 5.95. The van der Waals surface area contributed by atoms with Crippen LogP contribution >= 0.6 is 0 Å². The minimum Gasteiger partial charge on any atom is -0.508 e. The topological polar surface area (TPSA) is 90.5 Å². The quantitative estimate of drug-likeness (QED) is 0.559. The van der Waals surface area contributed by atoms with Gasteiger partial charge in [-0.2, -0.15) is 0 Å². The number of phenolic OH excluding ortho intramolecular Hbond substituents is 1. The van der Waals surface area contributed by atoms with E-state index in [1.54, 1.807) is 12.1 Å². The zero-order valence-corrected chi connectivity index (χ0v) is 9.77. The van der Waals surface area contributed by atoms with Crippen molar-refractivity contribution in [2.75, 3.05) is 18.4 Å². The molecule has 18 heavy (non-hydrogen) atoms. The Morgan fingerprint density at radius 2 is 2.06 bits per heavy atom. The fraction of sp³-hybridized carbons (Fsp3) is 0.333. The molecule has 2 rings (SSSR count). The Hall–Kier alpha value is -2.08. The van der Waals surface area contributed by atoms with Crippen LogP contribution in [-0.4, -0.2) is 36.1 Å². The molecule has 1 atom stereocenters. The van der Waals surface area contributed by atoms with E-state index in [0.717, 1.165) is 0 Å². The van der Waals surface area contributed by atoms with E-state index in [9.17, 15) is 9.59 Å². The third kappa shape index (κ3) is 3.21. The van der Waals surface area contributed by atoms with Gasteiger partial charge in [0.15, 0.2) is 0 Å². The minimum absolute atomic E-state index is 0.0900. The summed E-state index contributed by atoms with van der Waals surface area (Å²) in [4.78, 5) is 23.2. The largest absolute Gasteiger partial charge is 0.508 e. The smallest absolute Gasteiger partial charge is 0.237 e. The van der Waals surface area contributed by atoms with Crippen LogP contribution in [0.5, 0.6) is 5.75 Å². The first kappa shape index (κ1) is 12.4. The van der Waals surface area contributed by atoms with Crippen LogP contribution in [0.1, 0.15) is 6.42 Å². The molecule has 1 saturated heterocycles. The van der Waals surface area contributed by atoms with Crippen LogP contribution in [0.15, 0.2) is 24.3 Å². The molecule has 0 saturated carbocycles. The first-order valence-electron chi connectivity index (χ1n) is 5.75. The molecule has 6 nitrogen and oxygen atoms in total. The molecule has 1 unspecified atom stereocenters. The van der Waals surface area contributed by atoms with Crippen molar-refractivity contribution in [2.24, 2.45) is 0 Å². The number of rotatable bonds is 3. The monoisotopic (exact) mass is 249 g/mol. The molecule has 6 heteroatoms. The average Bonchev–Trinajstić information content (AvgIpc) is 2.35. The summed E-state index contributed by atoms with van der Waals surface area (Å²) in [5, 5.41) is 17.5. The van der Waals surface area contributed by atoms with Crippen LogP contribution in [0.25, 0.3) is 0 Å². The normalized spacial score (nSPS) is 19.1. The second-order valence-corrected chi connectivity index (χ2v) is 4.10. The Kier molecular flexibility index (Phi) is 3.78. The van der Waals surface area contributed by atoms with Gasteiger partial charge in [0.25, 0.3) is 0 Å². The highest BCUT2D eigenvalue weighted by Crippen LogP contribution is 2.14. The van der Waals surface area contributed by atoms with Gasteiger partial charge in [0.1, 0.15) is 5.75 Å². The summed E-state index contributed by atoms with van der Waals surface area (Å²) in [6.45, 7) is 1.26. The van der Waals surface area contributed by atoms with Crippen LogP contribution in [0, 0.1) is 0 Å². The predicted octanol–water partition coefficient (Wildman–Crippen LogP) is -0.191. The molecule has 1 aliphatic rings. The number of hydrogen-bond acceptors (Lipinski definition) is 4. The number of aromatic hydroxyl groups is 1. The van der Waals surface area contributed by atoms with Crippen LogP contribution in [0.2, 0.25) is 0 Å². The van der Waals surface area contributed by atoms with Crippen molar-refractivity contribution >= 4 is 17.5 Å². The molecule has 0 aromatic heterocycles. The molecule has 0 spiro atoms. The van der Waals surface area contributed by atoms with E-state index in [-0.39, 0.29) is 24.0 Å². The van der Waals surface area contributed by atoms with Crippen molar-refractivity contribution in [3.8, 4) is 5.75 Å². The lowest BCUT2D eigenvalue weighted by Crippen LogP contribution is -2.53. The van der Waals surface area contributed by atoms with Crippen LogP contribution in [0.3, 0.4) is 0 Å². The molecule has 1 fully saturated rings. The Morgan fingerprint density at radius 3 is 2.72 bits per heavy atom. The summed E-state index contributed by atoms with van der Waals surface area (Å²) in [7, 11) is 0. The van der Waals surface area contributed by atoms with E-state index in [1.165, 1.54) is 12.1 Å². The maximum atomic E-state index is 11.7. The maximum Gasteiger partial charge on any atom is 0.237 e. The van der Waals surface area contributed by atoms with Crippen molar-refractivity contribution in [3.63, 3.8) is 0 Å². The summed E-state index contributed by atoms with van der Waals surface area (Å²) in [6, 6.07) is 5.70. The van der Waals surface area contributed by atoms with Crippen molar-refractivity contribution in [2.45, 2.75) is 12.5 Å². The third-order valence-corrected chi connectivity index (χ3v) is 2.67. The second kappa shape index (κ2) is 5.50. The Balaban J connectivity index is 1.88. The molecule has 96 valence electrons. The molecular weight excluding hydrogens is 234 g/mol. The van der Waals surface area contributed by atoms with Gasteiger partial charge in [-0.3, -0.25) is 9.59 Å². The van der Waals surface area contributed by atoms with Gasteiger partial charge in [0.05, 0.1) is 12.5 Å². The lowest BCUT2D eigenvalue weighted by Gasteiger charge is -2.22. The van der Waals surface area contributed by atoms with Crippen molar-refractivity contribution < 1.29 is 14.7 Å². The fourth-order valence-corrected chi connectivity index (χ4v) is 1.76. The number of anilines is 1. The van der Waals surface area contributed by atoms with Gasteiger partial charge in [-0.25, -0.2) is 0 Å². The summed E-state index contributed by atoms with van der Waals surface area (Å²) < 4.78 is 0. The Labute approximate surface area is 104 Å². The molecule has 0 aliphatic carbocycles. The van der Waals surface area contributed by atoms with Crippen LogP contribution in [0.4, 0.5) is 5.69 Å². The number of carbonyl (C=O) groups excluding carboxylic acids is 2. The van der Waals surface area contributed by atoms with Crippen molar-refractivity contribution in [1.82, 2.24) is 10.6 Å². The number of hydrogen-bond donors (Lipinski definition) is 4. The van der Waals surface area contributed by atoms with Gasteiger partial charge in [-0.1, -0.05) is 0 Å². The third-order valence-electron chi connectivity index (χ3n) is 2.67. The van der Waals surface area contributed by atoms with Gasteiger partial charge in [0, 0.05) is 18.8 Å². The van der Waals surface area contributed by atoms with Gasteiger partial charge in [-0.05, 0) is 24.3 Å². The second-order valence-electron chi connectivity index (χ2n) is 4.10. The zero-order valence-electron chi connectivity index (χ0n) is 9.77. The van der Waals surface area contributed by atoms with Crippen molar-refractivity contribution in [1.29, 1.82) is 0 Å². The molecule has 0 radical (unpaired) electrons. The number of piperazine rings is 1. The average molecular weight is 249 g/mol. The van der Waals surface area contributed by atoms with E-state index >= 15 is 0 Å². The number of amides is 2. The minimum atomic E-state index is -0.476. The SMILES string of the molecule is O=C(CC1NCCNC1=O)Nc1ccc(O)cc1. The van der Waals surface area contributed by atoms with E-state index in [4.69, 9.17) is 5.11 Å². The molecule has 1 heterocycles. The van der Waals surface area contributed by atoms with E-state index in [0.29, 0.717) is 18.8 Å². The van der Waals surface area contributed by atoms with Crippen LogP contribution < -0.4 is 16.0 Å². The predicted molar refractivity (Wildman–Crippen MR) is 66.2 cm³/mol. The number of carbonyl (C=O) groups is 2. The molecular formula is C12H15N3O3. The van der Waals surface area contributed by atoms with Gasteiger partial charge >= 0.3 is 0 Å². The summed E-state index contributed by atoms with van der Waals surface area (Å²) in [6.07, 6.45) is 0.0900. The van der Waals surface area contributed by atoms with Gasteiger partial charge in [0.2, 0.25) is 11.8 Å². The first-order chi connectivity index (χ1) is 8.65. The highest BCUT2D eigenvalue weighted by Gasteiger charge is 2.23. The van der Waals surface area contributed by atoms with Gasteiger partial charge in [-0.15, -0.1) is 0 Å². The lowest BCUT2D eigenvalue weighted by molar-refractivity contribution is -0.127.